The van der Waals surface area contributed by atoms with Gasteiger partial charge in [0.1, 0.15) is 12.0 Å². The number of carbonyl (C=O) groups is 1. The number of hydrogen-bond acceptors (Lipinski definition) is 6. The average Bonchev–Trinajstić information content (AvgIpc) is 3.15. The molecule has 3 aromatic rings. The number of ether oxygens (including phenoxy) is 1. The summed E-state index contributed by atoms with van der Waals surface area (Å²) in [6.45, 7) is 10.1. The van der Waals surface area contributed by atoms with E-state index in [1.807, 2.05) is 38.5 Å². The minimum absolute atomic E-state index is 0.00554. The molecule has 3 fully saturated rings. The second-order valence-corrected chi connectivity index (χ2v) is 11.2. The van der Waals surface area contributed by atoms with Gasteiger partial charge in [0, 0.05) is 62.6 Å². The van der Waals surface area contributed by atoms with Crippen LogP contribution in [0, 0.1) is 18.8 Å². The highest BCUT2D eigenvalue weighted by Gasteiger charge is 2.53. The Kier molecular flexibility index (Phi) is 5.95. The van der Waals surface area contributed by atoms with Crippen LogP contribution in [0.4, 0.5) is 15.9 Å². The Morgan fingerprint density at radius 1 is 1.19 bits per heavy atom. The van der Waals surface area contributed by atoms with Gasteiger partial charge in [0.05, 0.1) is 30.4 Å². The molecule has 196 valence electrons. The van der Waals surface area contributed by atoms with Crippen LogP contribution in [-0.4, -0.2) is 76.7 Å². The van der Waals surface area contributed by atoms with Crippen molar-refractivity contribution in [3.8, 4) is 0 Å². The molecule has 0 bridgehead atoms. The van der Waals surface area contributed by atoms with Crippen LogP contribution in [0.1, 0.15) is 31.0 Å². The summed E-state index contributed by atoms with van der Waals surface area (Å²) in [4.78, 5) is 22.2. The van der Waals surface area contributed by atoms with Crippen LogP contribution in [0.25, 0.3) is 10.8 Å². The Morgan fingerprint density at radius 2 is 1.97 bits per heavy atom. The zero-order valence-electron chi connectivity index (χ0n) is 21.9. The molecule has 1 aliphatic carbocycles. The number of aromatic nitrogens is 3. The summed E-state index contributed by atoms with van der Waals surface area (Å²) < 4.78 is 21.7. The number of anilines is 2. The standard InChI is InChI=1S/C28H35FN6O2/c1-17-11-20-14-30-24(31-27(36)26-18(2)25(26)21-5-6-33(4)32-21)13-19(20)12-22(17)34-7-9-35(10-8-34)28(3)16-37-15-23(28)29/h5-6,11-14,18,23,25-26H,7-10,15-16H2,1-4H3,(H,30,31,36)/t18-,23+,25+,26-,28-/m0/s1. The molecule has 6 rings (SSSR count). The Balaban J connectivity index is 1.16. The highest BCUT2D eigenvalue weighted by molar-refractivity contribution is 5.97. The quantitative estimate of drug-likeness (QED) is 0.571. The molecule has 5 atom stereocenters. The number of pyridine rings is 1. The molecule has 2 aromatic heterocycles. The van der Waals surface area contributed by atoms with Crippen LogP contribution in [0.5, 0.6) is 0 Å². The first-order valence-electron chi connectivity index (χ1n) is 13.2. The first-order chi connectivity index (χ1) is 17.7. The topological polar surface area (TPSA) is 75.5 Å². The maximum absolute atomic E-state index is 14.5. The van der Waals surface area contributed by atoms with Crippen molar-refractivity contribution in [1.82, 2.24) is 19.7 Å². The zero-order chi connectivity index (χ0) is 25.9. The van der Waals surface area contributed by atoms with Crippen LogP contribution in [0.15, 0.2) is 36.7 Å². The molecule has 0 spiro atoms. The maximum Gasteiger partial charge on any atom is 0.229 e. The van der Waals surface area contributed by atoms with Crippen molar-refractivity contribution < 1.29 is 13.9 Å². The van der Waals surface area contributed by atoms with E-state index in [0.29, 0.717) is 12.4 Å². The van der Waals surface area contributed by atoms with Crippen molar-refractivity contribution in [3.05, 3.63) is 47.9 Å². The van der Waals surface area contributed by atoms with Crippen molar-refractivity contribution in [2.45, 2.75) is 38.4 Å². The zero-order valence-corrected chi connectivity index (χ0v) is 21.9. The molecule has 2 saturated heterocycles. The van der Waals surface area contributed by atoms with Gasteiger partial charge in [0.15, 0.2) is 0 Å². The summed E-state index contributed by atoms with van der Waals surface area (Å²) in [5, 5.41) is 9.61. The molecule has 1 aromatic carbocycles. The van der Waals surface area contributed by atoms with Crippen LogP contribution >= 0.6 is 0 Å². The lowest BCUT2D eigenvalue weighted by molar-refractivity contribution is -0.117. The molecule has 1 saturated carbocycles. The molecular formula is C28H35FN6O2. The molecular weight excluding hydrogens is 471 g/mol. The number of nitrogens with one attached hydrogen (secondary N) is 1. The number of halogens is 1. The highest BCUT2D eigenvalue weighted by Crippen LogP contribution is 2.53. The first kappa shape index (κ1) is 24.3. The Bertz CT molecular complexity index is 1340. The highest BCUT2D eigenvalue weighted by atomic mass is 19.1. The molecule has 1 amide bonds. The molecule has 3 aliphatic rings. The molecule has 1 N–H and O–H groups in total. The number of nitrogens with zero attached hydrogens (tertiary/aromatic N) is 5. The third kappa shape index (κ3) is 4.28. The Labute approximate surface area is 216 Å². The van der Waals surface area contributed by atoms with E-state index in [1.54, 1.807) is 4.68 Å². The van der Waals surface area contributed by atoms with E-state index in [-0.39, 0.29) is 30.3 Å². The van der Waals surface area contributed by atoms with Crippen molar-refractivity contribution >= 4 is 28.2 Å². The summed E-state index contributed by atoms with van der Waals surface area (Å²) >= 11 is 0. The maximum atomic E-state index is 14.5. The molecule has 4 heterocycles. The monoisotopic (exact) mass is 506 g/mol. The minimum atomic E-state index is -0.944. The van der Waals surface area contributed by atoms with Crippen LogP contribution in [0.3, 0.4) is 0 Å². The molecule has 37 heavy (non-hydrogen) atoms. The number of benzene rings is 1. The third-order valence-corrected chi connectivity index (χ3v) is 8.72. The van der Waals surface area contributed by atoms with Gasteiger partial charge in [-0.05, 0) is 55.0 Å². The van der Waals surface area contributed by atoms with Gasteiger partial charge >= 0.3 is 0 Å². The fourth-order valence-corrected chi connectivity index (χ4v) is 6.23. The molecule has 0 unspecified atom stereocenters. The fraction of sp³-hybridized carbons (Fsp3) is 0.536. The van der Waals surface area contributed by atoms with Gasteiger partial charge in [-0.25, -0.2) is 9.37 Å². The number of hydrogen-bond donors (Lipinski definition) is 1. The van der Waals surface area contributed by atoms with Gasteiger partial charge in [0.25, 0.3) is 0 Å². The van der Waals surface area contributed by atoms with E-state index in [2.05, 4.69) is 51.2 Å². The van der Waals surface area contributed by atoms with Gasteiger partial charge in [-0.1, -0.05) is 6.92 Å². The number of aryl methyl sites for hydroxylation is 2. The number of carbonyl (C=O) groups excluding carboxylic acids is 1. The number of rotatable bonds is 5. The fourth-order valence-electron chi connectivity index (χ4n) is 6.23. The lowest BCUT2D eigenvalue weighted by Crippen LogP contribution is -2.59. The summed E-state index contributed by atoms with van der Waals surface area (Å²) in [6, 6.07) is 8.29. The predicted molar refractivity (Wildman–Crippen MR) is 142 cm³/mol. The van der Waals surface area contributed by atoms with Crippen molar-refractivity contribution in [2.75, 3.05) is 49.6 Å². The Morgan fingerprint density at radius 3 is 2.65 bits per heavy atom. The van der Waals surface area contributed by atoms with Crippen LogP contribution < -0.4 is 10.2 Å². The predicted octanol–water partition coefficient (Wildman–Crippen LogP) is 3.51. The molecule has 2 aliphatic heterocycles. The van der Waals surface area contributed by atoms with E-state index in [9.17, 15) is 9.18 Å². The summed E-state index contributed by atoms with van der Waals surface area (Å²) in [5.41, 5.74) is 2.80. The van der Waals surface area contributed by atoms with E-state index in [4.69, 9.17) is 4.74 Å². The smallest absolute Gasteiger partial charge is 0.229 e. The lowest BCUT2D eigenvalue weighted by Gasteiger charge is -2.45. The second kappa shape index (κ2) is 9.06. The van der Waals surface area contributed by atoms with Crippen molar-refractivity contribution in [2.24, 2.45) is 18.9 Å². The number of amides is 1. The van der Waals surface area contributed by atoms with Crippen molar-refractivity contribution in [1.29, 1.82) is 0 Å². The summed E-state index contributed by atoms with van der Waals surface area (Å²) in [6.07, 6.45) is 2.80. The van der Waals surface area contributed by atoms with Gasteiger partial charge in [-0.2, -0.15) is 5.10 Å². The van der Waals surface area contributed by atoms with Gasteiger partial charge in [-0.3, -0.25) is 14.4 Å². The van der Waals surface area contributed by atoms with Crippen LogP contribution in [-0.2, 0) is 16.6 Å². The van der Waals surface area contributed by atoms with E-state index in [0.717, 1.165) is 42.6 Å². The van der Waals surface area contributed by atoms with Crippen molar-refractivity contribution in [3.63, 3.8) is 0 Å². The molecule has 8 nitrogen and oxygen atoms in total. The molecule has 0 radical (unpaired) electrons. The second-order valence-electron chi connectivity index (χ2n) is 11.2. The summed E-state index contributed by atoms with van der Waals surface area (Å²) in [7, 11) is 1.89. The average molecular weight is 507 g/mol. The number of piperazine rings is 1. The SMILES string of the molecule is Cc1cc2cnc(NC(=O)[C@H]3[C@@H](C)[C@@H]3c3ccn(C)n3)cc2cc1N1CCN([C@@]2(C)COC[C@H]2F)CC1. The normalized spacial score (nSPS) is 30.1. The Hall–Kier alpha value is -3.04. The van der Waals surface area contributed by atoms with E-state index in [1.165, 1.54) is 11.3 Å². The largest absolute Gasteiger partial charge is 0.376 e. The van der Waals surface area contributed by atoms with Gasteiger partial charge < -0.3 is 15.0 Å². The first-order valence-corrected chi connectivity index (χ1v) is 13.2. The third-order valence-electron chi connectivity index (χ3n) is 8.72. The van der Waals surface area contributed by atoms with Gasteiger partial charge in [0.2, 0.25) is 5.91 Å². The lowest BCUT2D eigenvalue weighted by atomic mass is 9.96. The molecule has 9 heteroatoms. The minimum Gasteiger partial charge on any atom is -0.376 e. The summed E-state index contributed by atoms with van der Waals surface area (Å²) in [5.74, 6) is 0.885. The van der Waals surface area contributed by atoms with Crippen LogP contribution in [0.2, 0.25) is 0 Å². The number of fused-ring (bicyclic) bond motifs is 1. The number of alkyl halides is 1. The van der Waals surface area contributed by atoms with E-state index < -0.39 is 11.7 Å². The van der Waals surface area contributed by atoms with Gasteiger partial charge in [-0.15, -0.1) is 0 Å². The van der Waals surface area contributed by atoms with E-state index >= 15 is 0 Å².